The van der Waals surface area contributed by atoms with Gasteiger partial charge in [-0.2, -0.15) is 5.10 Å². The van der Waals surface area contributed by atoms with Gasteiger partial charge in [-0.05, 0) is 26.3 Å². The largest absolute Gasteiger partial charge is 0.337 e. The molecule has 2 aliphatic rings. The number of hydrogen-bond donors (Lipinski definition) is 1. The number of H-pyrrole nitrogens is 1. The number of amides is 2. The summed E-state index contributed by atoms with van der Waals surface area (Å²) in [4.78, 5) is 33.3. The molecule has 2 aliphatic heterocycles. The number of nitrogens with zero attached hydrogens (tertiary/aromatic N) is 4. The van der Waals surface area contributed by atoms with Crippen molar-refractivity contribution in [1.82, 2.24) is 25.0 Å². The number of likely N-dealkylation sites (tertiary alicyclic amines) is 2. The molecule has 2 saturated heterocycles. The number of nitrogens with one attached hydrogen (secondary N) is 1. The second-order valence-corrected chi connectivity index (χ2v) is 8.26. The van der Waals surface area contributed by atoms with Crippen LogP contribution in [0, 0.1) is 19.3 Å². The lowest BCUT2D eigenvalue weighted by Gasteiger charge is -2.23. The zero-order valence-corrected chi connectivity index (χ0v) is 15.2. The quantitative estimate of drug-likeness (QED) is 0.905. The van der Waals surface area contributed by atoms with E-state index in [1.807, 2.05) is 29.0 Å². The lowest BCUT2D eigenvalue weighted by molar-refractivity contribution is -0.128. The number of hydrogen-bond acceptors (Lipinski definition) is 5. The van der Waals surface area contributed by atoms with Gasteiger partial charge in [-0.15, -0.1) is 11.3 Å². The van der Waals surface area contributed by atoms with E-state index in [0.717, 1.165) is 22.8 Å². The third kappa shape index (κ3) is 3.06. The van der Waals surface area contributed by atoms with Crippen LogP contribution in [0.3, 0.4) is 0 Å². The average molecular weight is 359 g/mol. The summed E-state index contributed by atoms with van der Waals surface area (Å²) >= 11 is 1.60. The molecular formula is C17H21N5O2S. The first-order valence-electron chi connectivity index (χ1n) is 8.44. The fraction of sp³-hybridized carbons (Fsp3) is 0.529. The summed E-state index contributed by atoms with van der Waals surface area (Å²) in [6.45, 7) is 6.42. The molecule has 132 valence electrons. The monoisotopic (exact) mass is 359 g/mol. The van der Waals surface area contributed by atoms with E-state index in [4.69, 9.17) is 0 Å². The summed E-state index contributed by atoms with van der Waals surface area (Å²) < 4.78 is 0. The number of carbonyl (C=O) groups is 2. The Morgan fingerprint density at radius 2 is 2.24 bits per heavy atom. The molecule has 2 aromatic rings. The Labute approximate surface area is 150 Å². The van der Waals surface area contributed by atoms with Crippen molar-refractivity contribution in [3.63, 3.8) is 0 Å². The Kier molecular flexibility index (Phi) is 3.87. The van der Waals surface area contributed by atoms with E-state index >= 15 is 0 Å². The molecule has 25 heavy (non-hydrogen) atoms. The third-order valence-corrected chi connectivity index (χ3v) is 5.90. The van der Waals surface area contributed by atoms with Gasteiger partial charge in [-0.1, -0.05) is 0 Å². The lowest BCUT2D eigenvalue weighted by atomic mass is 9.86. The van der Waals surface area contributed by atoms with Gasteiger partial charge in [0, 0.05) is 42.5 Å². The normalized spacial score (nSPS) is 23.2. The van der Waals surface area contributed by atoms with Gasteiger partial charge in [-0.25, -0.2) is 4.98 Å². The third-order valence-electron chi connectivity index (χ3n) is 5.08. The fourth-order valence-electron chi connectivity index (χ4n) is 3.87. The highest BCUT2D eigenvalue weighted by atomic mass is 32.1. The van der Waals surface area contributed by atoms with Gasteiger partial charge in [0.05, 0.1) is 17.2 Å². The van der Waals surface area contributed by atoms with Gasteiger partial charge < -0.3 is 9.80 Å². The standard InChI is InChI=1S/C17H21N5O2S/c1-11-5-14(20-19-11)16(24)21-4-3-17(9-21)6-15(23)22(10-17)7-13-8-25-12(2)18-13/h5,8H,3-4,6-7,9-10H2,1-2H3,(H,19,20). The van der Waals surface area contributed by atoms with E-state index in [1.165, 1.54) is 0 Å². The Balaban J connectivity index is 1.43. The molecule has 1 unspecified atom stereocenters. The maximum atomic E-state index is 12.6. The molecule has 4 heterocycles. The molecule has 1 N–H and O–H groups in total. The number of carbonyl (C=O) groups excluding carboxylic acids is 2. The predicted octanol–water partition coefficient (Wildman–Crippen LogP) is 1.75. The summed E-state index contributed by atoms with van der Waals surface area (Å²) in [5.74, 6) is 0.109. The van der Waals surface area contributed by atoms with Crippen LogP contribution >= 0.6 is 11.3 Å². The van der Waals surface area contributed by atoms with Crippen molar-refractivity contribution >= 4 is 23.2 Å². The summed E-state index contributed by atoms with van der Waals surface area (Å²) in [6.07, 6.45) is 1.37. The molecule has 1 atom stereocenters. The Bertz CT molecular complexity index is 829. The second-order valence-electron chi connectivity index (χ2n) is 7.20. The van der Waals surface area contributed by atoms with Crippen molar-refractivity contribution in [3.8, 4) is 0 Å². The zero-order chi connectivity index (χ0) is 17.6. The smallest absolute Gasteiger partial charge is 0.274 e. The molecule has 0 bridgehead atoms. The molecule has 2 amide bonds. The Hall–Kier alpha value is -2.22. The lowest BCUT2D eigenvalue weighted by Crippen LogP contribution is -2.34. The molecule has 0 radical (unpaired) electrons. The number of aromatic amines is 1. The van der Waals surface area contributed by atoms with Crippen LogP contribution in [0.25, 0.3) is 0 Å². The minimum atomic E-state index is -0.122. The molecular weight excluding hydrogens is 338 g/mol. The first-order chi connectivity index (χ1) is 11.9. The van der Waals surface area contributed by atoms with Crippen LogP contribution in [0.15, 0.2) is 11.4 Å². The number of thiazole rings is 1. The maximum absolute atomic E-state index is 12.6. The highest BCUT2D eigenvalue weighted by molar-refractivity contribution is 7.09. The number of rotatable bonds is 3. The molecule has 7 nitrogen and oxygen atoms in total. The first-order valence-corrected chi connectivity index (χ1v) is 9.32. The number of aromatic nitrogens is 3. The minimum Gasteiger partial charge on any atom is -0.337 e. The van der Waals surface area contributed by atoms with Gasteiger partial charge in [0.25, 0.3) is 5.91 Å². The maximum Gasteiger partial charge on any atom is 0.274 e. The fourth-order valence-corrected chi connectivity index (χ4v) is 4.48. The summed E-state index contributed by atoms with van der Waals surface area (Å²) in [7, 11) is 0. The van der Waals surface area contributed by atoms with Crippen LogP contribution in [0.1, 0.15) is 39.7 Å². The van der Waals surface area contributed by atoms with E-state index in [0.29, 0.717) is 38.3 Å². The Morgan fingerprint density at radius 3 is 2.92 bits per heavy atom. The van der Waals surface area contributed by atoms with Crippen LogP contribution in [0.4, 0.5) is 0 Å². The van der Waals surface area contributed by atoms with E-state index in [-0.39, 0.29) is 17.2 Å². The molecule has 0 aromatic carbocycles. The van der Waals surface area contributed by atoms with Crippen LogP contribution in [0.5, 0.6) is 0 Å². The van der Waals surface area contributed by atoms with Gasteiger partial charge in [0.2, 0.25) is 5.91 Å². The van der Waals surface area contributed by atoms with Crippen LogP contribution in [-0.2, 0) is 11.3 Å². The number of aryl methyl sites for hydroxylation is 2. The van der Waals surface area contributed by atoms with E-state index in [9.17, 15) is 9.59 Å². The van der Waals surface area contributed by atoms with Crippen molar-refractivity contribution in [3.05, 3.63) is 33.5 Å². The average Bonchev–Trinajstić information content (AvgIpc) is 3.31. The predicted molar refractivity (Wildman–Crippen MR) is 93.2 cm³/mol. The molecule has 8 heteroatoms. The highest BCUT2D eigenvalue weighted by Gasteiger charge is 2.48. The van der Waals surface area contributed by atoms with Crippen molar-refractivity contribution in [2.45, 2.75) is 33.2 Å². The minimum absolute atomic E-state index is 0.0535. The first kappa shape index (κ1) is 16.3. The van der Waals surface area contributed by atoms with Crippen molar-refractivity contribution < 1.29 is 9.59 Å². The van der Waals surface area contributed by atoms with Gasteiger partial charge in [0.1, 0.15) is 5.69 Å². The molecule has 0 aliphatic carbocycles. The van der Waals surface area contributed by atoms with E-state index < -0.39 is 0 Å². The zero-order valence-electron chi connectivity index (χ0n) is 14.4. The van der Waals surface area contributed by atoms with Crippen molar-refractivity contribution in [2.75, 3.05) is 19.6 Å². The van der Waals surface area contributed by atoms with Crippen LogP contribution in [0.2, 0.25) is 0 Å². The molecule has 4 rings (SSSR count). The van der Waals surface area contributed by atoms with Crippen molar-refractivity contribution in [1.29, 1.82) is 0 Å². The van der Waals surface area contributed by atoms with Crippen LogP contribution in [-0.4, -0.2) is 56.4 Å². The molecule has 0 saturated carbocycles. The SMILES string of the molecule is Cc1cc(C(=O)N2CCC3(CC(=O)N(Cc4csc(C)n4)C3)C2)n[nH]1. The second kappa shape index (κ2) is 5.94. The molecule has 1 spiro atoms. The summed E-state index contributed by atoms with van der Waals surface area (Å²) in [5.41, 5.74) is 2.15. The van der Waals surface area contributed by atoms with Crippen LogP contribution < -0.4 is 0 Å². The van der Waals surface area contributed by atoms with Gasteiger partial charge >= 0.3 is 0 Å². The molecule has 2 aromatic heterocycles. The summed E-state index contributed by atoms with van der Waals surface area (Å²) in [6, 6.07) is 1.77. The van der Waals surface area contributed by atoms with Crippen molar-refractivity contribution in [2.24, 2.45) is 5.41 Å². The summed E-state index contributed by atoms with van der Waals surface area (Å²) in [5, 5.41) is 9.90. The van der Waals surface area contributed by atoms with Gasteiger partial charge in [0.15, 0.2) is 0 Å². The highest BCUT2D eigenvalue weighted by Crippen LogP contribution is 2.41. The Morgan fingerprint density at radius 1 is 1.40 bits per heavy atom. The van der Waals surface area contributed by atoms with E-state index in [1.54, 1.807) is 17.4 Å². The molecule has 2 fully saturated rings. The van der Waals surface area contributed by atoms with Gasteiger partial charge in [-0.3, -0.25) is 14.7 Å². The topological polar surface area (TPSA) is 82.2 Å². The van der Waals surface area contributed by atoms with E-state index in [2.05, 4.69) is 15.2 Å².